The standard InChI is InChI=1S/C22H26N4O4S/c1-22(2,3)30-21(27)26-13-11-25(12-14-26)17-9-10-23-20-18(15-24-19(17)20)31(28,29)16-7-5-4-6-8-16/h4-10,15,24H,11-14H2,1-3H3. The van der Waals surface area contributed by atoms with Crippen LogP contribution in [-0.2, 0) is 14.6 Å². The molecule has 3 heterocycles. The van der Waals surface area contributed by atoms with Crippen LogP contribution in [-0.4, -0.2) is 61.2 Å². The summed E-state index contributed by atoms with van der Waals surface area (Å²) in [5.74, 6) is 0. The Labute approximate surface area is 181 Å². The Kier molecular flexibility index (Phi) is 5.38. The molecule has 0 unspecified atom stereocenters. The molecular weight excluding hydrogens is 416 g/mol. The van der Waals surface area contributed by atoms with Gasteiger partial charge in [0.05, 0.1) is 16.1 Å². The van der Waals surface area contributed by atoms with Gasteiger partial charge in [-0.1, -0.05) is 18.2 Å². The van der Waals surface area contributed by atoms with Gasteiger partial charge in [0.15, 0.2) is 0 Å². The van der Waals surface area contributed by atoms with E-state index in [1.807, 2.05) is 26.8 Å². The molecule has 1 amide bonds. The second kappa shape index (κ2) is 7.88. The molecule has 2 aromatic heterocycles. The number of sulfone groups is 1. The molecule has 0 aliphatic carbocycles. The van der Waals surface area contributed by atoms with Crippen LogP contribution in [0.4, 0.5) is 10.5 Å². The molecule has 1 saturated heterocycles. The summed E-state index contributed by atoms with van der Waals surface area (Å²) in [4.78, 5) is 24.0. The minimum absolute atomic E-state index is 0.156. The van der Waals surface area contributed by atoms with Gasteiger partial charge in [-0.15, -0.1) is 0 Å². The van der Waals surface area contributed by atoms with Crippen LogP contribution in [0.25, 0.3) is 11.0 Å². The maximum Gasteiger partial charge on any atom is 0.410 e. The Hall–Kier alpha value is -3.07. The smallest absolute Gasteiger partial charge is 0.410 e. The highest BCUT2D eigenvalue weighted by atomic mass is 32.2. The number of ether oxygens (including phenoxy) is 1. The predicted octanol–water partition coefficient (Wildman–Crippen LogP) is 3.45. The third-order valence-corrected chi connectivity index (χ3v) is 6.91. The van der Waals surface area contributed by atoms with Gasteiger partial charge in [-0.3, -0.25) is 4.98 Å². The first-order chi connectivity index (χ1) is 14.7. The van der Waals surface area contributed by atoms with Crippen LogP contribution in [0.5, 0.6) is 0 Å². The highest BCUT2D eigenvalue weighted by Crippen LogP contribution is 2.32. The summed E-state index contributed by atoms with van der Waals surface area (Å²) in [6.45, 7) is 7.81. The summed E-state index contributed by atoms with van der Waals surface area (Å²) < 4.78 is 31.7. The Morgan fingerprint density at radius 2 is 1.74 bits per heavy atom. The van der Waals surface area contributed by atoms with Gasteiger partial charge in [0.1, 0.15) is 16.0 Å². The lowest BCUT2D eigenvalue weighted by molar-refractivity contribution is 0.0240. The van der Waals surface area contributed by atoms with E-state index < -0.39 is 15.4 Å². The average molecular weight is 443 g/mol. The van der Waals surface area contributed by atoms with Gasteiger partial charge in [0.2, 0.25) is 9.84 Å². The number of carbonyl (C=O) groups excluding carboxylic acids is 1. The quantitative estimate of drug-likeness (QED) is 0.668. The van der Waals surface area contributed by atoms with Gasteiger partial charge in [0.25, 0.3) is 0 Å². The van der Waals surface area contributed by atoms with E-state index in [1.54, 1.807) is 41.4 Å². The molecular formula is C22H26N4O4S. The van der Waals surface area contributed by atoms with Gasteiger partial charge < -0.3 is 19.5 Å². The molecule has 8 nitrogen and oxygen atoms in total. The summed E-state index contributed by atoms with van der Waals surface area (Å²) in [6, 6.07) is 10.2. The van der Waals surface area contributed by atoms with Crippen molar-refractivity contribution in [1.29, 1.82) is 0 Å². The van der Waals surface area contributed by atoms with Crippen LogP contribution < -0.4 is 4.90 Å². The lowest BCUT2D eigenvalue weighted by Gasteiger charge is -2.36. The van der Waals surface area contributed by atoms with Crippen LogP contribution in [0.2, 0.25) is 0 Å². The normalized spacial score (nSPS) is 15.3. The van der Waals surface area contributed by atoms with E-state index in [1.165, 1.54) is 6.20 Å². The summed E-state index contributed by atoms with van der Waals surface area (Å²) in [7, 11) is -3.69. The number of hydrogen-bond donors (Lipinski definition) is 1. The number of amides is 1. The van der Waals surface area contributed by atoms with Crippen LogP contribution >= 0.6 is 0 Å². The third-order valence-electron chi connectivity index (χ3n) is 5.13. The maximum atomic E-state index is 13.1. The van der Waals surface area contributed by atoms with Crippen molar-refractivity contribution in [1.82, 2.24) is 14.9 Å². The summed E-state index contributed by atoms with van der Waals surface area (Å²) in [5.41, 5.74) is 1.41. The Balaban J connectivity index is 1.58. The Morgan fingerprint density at radius 1 is 1.06 bits per heavy atom. The number of anilines is 1. The molecule has 0 atom stereocenters. The molecule has 1 aliphatic rings. The fraction of sp³-hybridized carbons (Fsp3) is 0.364. The second-order valence-electron chi connectivity index (χ2n) is 8.48. The number of benzene rings is 1. The van der Waals surface area contributed by atoms with Gasteiger partial charge >= 0.3 is 6.09 Å². The molecule has 0 spiro atoms. The van der Waals surface area contributed by atoms with E-state index in [0.717, 1.165) is 5.69 Å². The fourth-order valence-electron chi connectivity index (χ4n) is 3.64. The van der Waals surface area contributed by atoms with Crippen molar-refractivity contribution in [3.05, 3.63) is 48.8 Å². The maximum absolute atomic E-state index is 13.1. The topological polar surface area (TPSA) is 95.6 Å². The van der Waals surface area contributed by atoms with Crippen molar-refractivity contribution in [2.45, 2.75) is 36.2 Å². The molecule has 1 N–H and O–H groups in total. The first-order valence-electron chi connectivity index (χ1n) is 10.2. The van der Waals surface area contributed by atoms with Crippen LogP contribution in [0.3, 0.4) is 0 Å². The third kappa shape index (κ3) is 4.23. The van der Waals surface area contributed by atoms with Crippen molar-refractivity contribution >= 4 is 32.7 Å². The van der Waals surface area contributed by atoms with Gasteiger partial charge in [-0.2, -0.15) is 0 Å². The summed E-state index contributed by atoms with van der Waals surface area (Å²) in [6.07, 6.45) is 2.80. The largest absolute Gasteiger partial charge is 0.444 e. The lowest BCUT2D eigenvalue weighted by atomic mass is 10.2. The van der Waals surface area contributed by atoms with E-state index in [4.69, 9.17) is 4.74 Å². The number of hydrogen-bond acceptors (Lipinski definition) is 6. The van der Waals surface area contributed by atoms with Crippen molar-refractivity contribution < 1.29 is 17.9 Å². The van der Waals surface area contributed by atoms with Crippen molar-refractivity contribution in [2.75, 3.05) is 31.1 Å². The second-order valence-corrected chi connectivity index (χ2v) is 10.4. The number of rotatable bonds is 3. The molecule has 3 aromatic rings. The molecule has 9 heteroatoms. The molecule has 4 rings (SSSR count). The summed E-state index contributed by atoms with van der Waals surface area (Å²) >= 11 is 0. The van der Waals surface area contributed by atoms with E-state index in [-0.39, 0.29) is 15.9 Å². The lowest BCUT2D eigenvalue weighted by Crippen LogP contribution is -2.50. The minimum atomic E-state index is -3.69. The molecule has 1 fully saturated rings. The van der Waals surface area contributed by atoms with Crippen molar-refractivity contribution in [3.8, 4) is 0 Å². The molecule has 1 aromatic carbocycles. The number of nitrogens with zero attached hydrogens (tertiary/aromatic N) is 3. The SMILES string of the molecule is CC(C)(C)OC(=O)N1CCN(c2ccnc3c(S(=O)(=O)c4ccccc4)c[nH]c23)CC1. The van der Waals surface area contributed by atoms with E-state index in [0.29, 0.717) is 37.2 Å². The zero-order chi connectivity index (χ0) is 22.2. The average Bonchev–Trinajstić information content (AvgIpc) is 3.18. The number of carbonyl (C=O) groups is 1. The molecule has 1 aliphatic heterocycles. The zero-order valence-corrected chi connectivity index (χ0v) is 18.6. The number of aromatic amines is 1. The van der Waals surface area contributed by atoms with Gasteiger partial charge in [-0.05, 0) is 39.0 Å². The Bertz CT molecular complexity index is 1190. The molecule has 0 saturated carbocycles. The van der Waals surface area contributed by atoms with E-state index >= 15 is 0 Å². The number of H-pyrrole nitrogens is 1. The van der Waals surface area contributed by atoms with Crippen LogP contribution in [0.1, 0.15) is 20.8 Å². The summed E-state index contributed by atoms with van der Waals surface area (Å²) in [5, 5.41) is 0. The van der Waals surface area contributed by atoms with Crippen LogP contribution in [0.15, 0.2) is 58.6 Å². The highest BCUT2D eigenvalue weighted by Gasteiger charge is 2.28. The molecule has 0 radical (unpaired) electrons. The zero-order valence-electron chi connectivity index (χ0n) is 17.8. The molecule has 0 bridgehead atoms. The minimum Gasteiger partial charge on any atom is -0.444 e. The molecule has 164 valence electrons. The highest BCUT2D eigenvalue weighted by molar-refractivity contribution is 7.91. The van der Waals surface area contributed by atoms with E-state index in [2.05, 4.69) is 14.9 Å². The number of aromatic nitrogens is 2. The van der Waals surface area contributed by atoms with Crippen LogP contribution in [0, 0.1) is 0 Å². The number of nitrogens with one attached hydrogen (secondary N) is 1. The number of piperazine rings is 1. The first kappa shape index (κ1) is 21.2. The first-order valence-corrected chi connectivity index (χ1v) is 11.6. The predicted molar refractivity (Wildman–Crippen MR) is 118 cm³/mol. The monoisotopic (exact) mass is 442 g/mol. The Morgan fingerprint density at radius 3 is 2.39 bits per heavy atom. The number of fused-ring (bicyclic) bond motifs is 1. The fourth-order valence-corrected chi connectivity index (χ4v) is 5.03. The van der Waals surface area contributed by atoms with Crippen molar-refractivity contribution in [2.24, 2.45) is 0 Å². The van der Waals surface area contributed by atoms with Gasteiger partial charge in [0, 0.05) is 38.6 Å². The van der Waals surface area contributed by atoms with Gasteiger partial charge in [-0.25, -0.2) is 13.2 Å². The van der Waals surface area contributed by atoms with Crippen molar-refractivity contribution in [3.63, 3.8) is 0 Å². The molecule has 31 heavy (non-hydrogen) atoms. The van der Waals surface area contributed by atoms with E-state index in [9.17, 15) is 13.2 Å². The number of pyridine rings is 1.